The van der Waals surface area contributed by atoms with Gasteiger partial charge in [-0.2, -0.15) is 0 Å². The molecule has 0 fully saturated rings. The molecule has 21 heavy (non-hydrogen) atoms. The average molecular weight is 315 g/mol. The van der Waals surface area contributed by atoms with Crippen molar-refractivity contribution in [2.45, 2.75) is 13.3 Å². The monoisotopic (exact) mass is 315 g/mol. The third kappa shape index (κ3) is 6.23. The molecule has 0 heterocycles. The van der Waals surface area contributed by atoms with Gasteiger partial charge >= 0.3 is 12.0 Å². The molecule has 0 aliphatic carbocycles. The van der Waals surface area contributed by atoms with Gasteiger partial charge in [-0.05, 0) is 31.0 Å². The molecule has 5 N–H and O–H groups in total. The molecule has 1 rings (SSSR count). The minimum atomic E-state index is -3.54. The maximum absolute atomic E-state index is 11.6. The van der Waals surface area contributed by atoms with Crippen molar-refractivity contribution in [3.8, 4) is 0 Å². The number of carboxylic acids is 1. The number of primary sulfonamides is 1. The van der Waals surface area contributed by atoms with Crippen molar-refractivity contribution >= 4 is 27.7 Å². The predicted molar refractivity (Wildman–Crippen MR) is 77.8 cm³/mol. The molecule has 8 nitrogen and oxygen atoms in total. The molecule has 2 amide bonds. The number of urea groups is 1. The lowest BCUT2D eigenvalue weighted by molar-refractivity contribution is 0.0696. The minimum absolute atomic E-state index is 0.0991. The molecule has 0 aliphatic heterocycles. The van der Waals surface area contributed by atoms with Crippen molar-refractivity contribution in [3.63, 3.8) is 0 Å². The Morgan fingerprint density at radius 1 is 1.33 bits per heavy atom. The lowest BCUT2D eigenvalue weighted by Gasteiger charge is -2.09. The second-order valence-corrected chi connectivity index (χ2v) is 6.17. The molecule has 0 atom stereocenters. The van der Waals surface area contributed by atoms with E-state index in [4.69, 9.17) is 10.2 Å². The Morgan fingerprint density at radius 2 is 2.00 bits per heavy atom. The number of amides is 2. The highest BCUT2D eigenvalue weighted by Crippen LogP contribution is 2.15. The zero-order chi connectivity index (χ0) is 16.0. The molecule has 9 heteroatoms. The van der Waals surface area contributed by atoms with E-state index in [-0.39, 0.29) is 24.3 Å². The van der Waals surface area contributed by atoms with Gasteiger partial charge in [-0.1, -0.05) is 6.07 Å². The first-order valence-corrected chi connectivity index (χ1v) is 7.80. The predicted octanol–water partition coefficient (Wildman–Crippen LogP) is 0.493. The quantitative estimate of drug-likeness (QED) is 0.566. The number of nitrogens with two attached hydrogens (primary N) is 1. The minimum Gasteiger partial charge on any atom is -0.478 e. The van der Waals surface area contributed by atoms with Gasteiger partial charge in [0.2, 0.25) is 10.0 Å². The van der Waals surface area contributed by atoms with Crippen LogP contribution in [-0.2, 0) is 10.0 Å². The van der Waals surface area contributed by atoms with Crippen LogP contribution in [0.3, 0.4) is 0 Å². The molecule has 0 bridgehead atoms. The van der Waals surface area contributed by atoms with Gasteiger partial charge in [0, 0.05) is 12.2 Å². The number of anilines is 1. The van der Waals surface area contributed by atoms with Crippen molar-refractivity contribution in [2.75, 3.05) is 17.6 Å². The Morgan fingerprint density at radius 3 is 2.57 bits per heavy atom. The van der Waals surface area contributed by atoms with E-state index < -0.39 is 22.0 Å². The first kappa shape index (κ1) is 16.9. The first-order chi connectivity index (χ1) is 9.69. The van der Waals surface area contributed by atoms with E-state index in [1.165, 1.54) is 6.07 Å². The Labute approximate surface area is 122 Å². The molecule has 116 valence electrons. The molecule has 0 unspecified atom stereocenters. The van der Waals surface area contributed by atoms with E-state index in [2.05, 4.69) is 10.6 Å². The SMILES string of the molecule is Cc1ccc(NC(=O)NCCCS(N)(=O)=O)cc1C(=O)O. The van der Waals surface area contributed by atoms with Crippen LogP contribution in [0, 0.1) is 6.92 Å². The number of aromatic carboxylic acids is 1. The molecular formula is C12H17N3O5S. The van der Waals surface area contributed by atoms with Crippen LogP contribution in [0.1, 0.15) is 22.3 Å². The summed E-state index contributed by atoms with van der Waals surface area (Å²) in [5.41, 5.74) is 1.02. The summed E-state index contributed by atoms with van der Waals surface area (Å²) in [4.78, 5) is 22.5. The largest absolute Gasteiger partial charge is 0.478 e. The zero-order valence-corrected chi connectivity index (χ0v) is 12.2. The summed E-state index contributed by atoms with van der Waals surface area (Å²) < 4.78 is 21.4. The van der Waals surface area contributed by atoms with Crippen LogP contribution in [0.25, 0.3) is 0 Å². The molecule has 1 aromatic carbocycles. The lowest BCUT2D eigenvalue weighted by atomic mass is 10.1. The molecule has 0 saturated heterocycles. The van der Waals surface area contributed by atoms with Gasteiger partial charge < -0.3 is 15.7 Å². The van der Waals surface area contributed by atoms with Crippen LogP contribution in [-0.4, -0.2) is 37.8 Å². The van der Waals surface area contributed by atoms with E-state index in [1.54, 1.807) is 19.1 Å². The topological polar surface area (TPSA) is 139 Å². The second-order valence-electron chi connectivity index (χ2n) is 4.44. The summed E-state index contributed by atoms with van der Waals surface area (Å²) in [7, 11) is -3.54. The van der Waals surface area contributed by atoms with Crippen LogP contribution in [0.4, 0.5) is 10.5 Å². The fourth-order valence-corrected chi connectivity index (χ4v) is 2.13. The number of rotatable bonds is 6. The lowest BCUT2D eigenvalue weighted by Crippen LogP contribution is -2.31. The Hall–Kier alpha value is -2.13. The van der Waals surface area contributed by atoms with Gasteiger partial charge in [-0.25, -0.2) is 23.1 Å². The second kappa shape index (κ2) is 7.04. The van der Waals surface area contributed by atoms with Crippen LogP contribution >= 0.6 is 0 Å². The average Bonchev–Trinajstić information content (AvgIpc) is 2.35. The molecule has 0 saturated carbocycles. The van der Waals surface area contributed by atoms with E-state index in [9.17, 15) is 18.0 Å². The van der Waals surface area contributed by atoms with E-state index >= 15 is 0 Å². The fourth-order valence-electron chi connectivity index (χ4n) is 1.58. The highest BCUT2D eigenvalue weighted by molar-refractivity contribution is 7.89. The van der Waals surface area contributed by atoms with Gasteiger partial charge in [-0.3, -0.25) is 0 Å². The number of sulfonamides is 1. The summed E-state index contributed by atoms with van der Waals surface area (Å²) in [6, 6.07) is 3.96. The molecular weight excluding hydrogens is 298 g/mol. The Bertz CT molecular complexity index is 642. The summed E-state index contributed by atoms with van der Waals surface area (Å²) in [5.74, 6) is -1.30. The number of nitrogens with one attached hydrogen (secondary N) is 2. The highest BCUT2D eigenvalue weighted by Gasteiger charge is 2.09. The number of carbonyl (C=O) groups is 2. The van der Waals surface area contributed by atoms with Crippen LogP contribution < -0.4 is 15.8 Å². The molecule has 0 radical (unpaired) electrons. The number of hydrogen-bond donors (Lipinski definition) is 4. The van der Waals surface area contributed by atoms with Crippen LogP contribution in [0.2, 0.25) is 0 Å². The number of benzene rings is 1. The van der Waals surface area contributed by atoms with Gasteiger partial charge in [0.1, 0.15) is 0 Å². The first-order valence-electron chi connectivity index (χ1n) is 6.08. The van der Waals surface area contributed by atoms with Crippen LogP contribution in [0.5, 0.6) is 0 Å². The van der Waals surface area contributed by atoms with Gasteiger partial charge in [0.15, 0.2) is 0 Å². The van der Waals surface area contributed by atoms with Crippen molar-refractivity contribution in [1.82, 2.24) is 5.32 Å². The van der Waals surface area contributed by atoms with Crippen molar-refractivity contribution in [1.29, 1.82) is 0 Å². The molecule has 0 aliphatic rings. The Kier molecular flexibility index (Phi) is 5.68. The number of carboxylic acid groups (broad SMARTS) is 1. The van der Waals surface area contributed by atoms with Gasteiger partial charge in [0.05, 0.1) is 11.3 Å². The fraction of sp³-hybridized carbons (Fsp3) is 0.333. The molecule has 0 aromatic heterocycles. The number of carbonyl (C=O) groups excluding carboxylic acids is 1. The smallest absolute Gasteiger partial charge is 0.336 e. The summed E-state index contributed by atoms with van der Waals surface area (Å²) >= 11 is 0. The maximum Gasteiger partial charge on any atom is 0.336 e. The van der Waals surface area contributed by atoms with E-state index in [0.717, 1.165) is 0 Å². The molecule has 1 aromatic rings. The maximum atomic E-state index is 11.6. The highest BCUT2D eigenvalue weighted by atomic mass is 32.2. The van der Waals surface area contributed by atoms with E-state index in [1.807, 2.05) is 0 Å². The van der Waals surface area contributed by atoms with Gasteiger partial charge in [-0.15, -0.1) is 0 Å². The summed E-state index contributed by atoms with van der Waals surface area (Å²) in [6.45, 7) is 1.79. The van der Waals surface area contributed by atoms with E-state index in [0.29, 0.717) is 11.3 Å². The zero-order valence-electron chi connectivity index (χ0n) is 11.4. The Balaban J connectivity index is 2.52. The van der Waals surface area contributed by atoms with Crippen molar-refractivity contribution < 1.29 is 23.1 Å². The van der Waals surface area contributed by atoms with Gasteiger partial charge in [0.25, 0.3) is 0 Å². The number of hydrogen-bond acceptors (Lipinski definition) is 4. The summed E-state index contributed by atoms with van der Waals surface area (Å²) in [5, 5.41) is 18.7. The third-order valence-electron chi connectivity index (χ3n) is 2.62. The number of aryl methyl sites for hydroxylation is 1. The third-order valence-corrected chi connectivity index (χ3v) is 3.47. The van der Waals surface area contributed by atoms with Crippen LogP contribution in [0.15, 0.2) is 18.2 Å². The van der Waals surface area contributed by atoms with Crippen molar-refractivity contribution in [3.05, 3.63) is 29.3 Å². The standard InChI is InChI=1S/C12H17N3O5S/c1-8-3-4-9(7-10(8)11(16)17)15-12(18)14-5-2-6-21(13,19)20/h3-4,7H,2,5-6H2,1H3,(H,16,17)(H2,13,19,20)(H2,14,15,18). The normalized spacial score (nSPS) is 11.0. The summed E-state index contributed by atoms with van der Waals surface area (Å²) in [6.07, 6.45) is 0.195. The molecule has 0 spiro atoms. The van der Waals surface area contributed by atoms with Crippen molar-refractivity contribution in [2.24, 2.45) is 5.14 Å².